The highest BCUT2D eigenvalue weighted by molar-refractivity contribution is 5.92. The highest BCUT2D eigenvalue weighted by Crippen LogP contribution is 2.30. The highest BCUT2D eigenvalue weighted by atomic mass is 15.5. The van der Waals surface area contributed by atoms with Gasteiger partial charge in [0.2, 0.25) is 0 Å². The summed E-state index contributed by atoms with van der Waals surface area (Å²) >= 11 is 0. The smallest absolute Gasteiger partial charge is 0.196 e. The number of H-pyrrole nitrogens is 1. The van der Waals surface area contributed by atoms with Crippen LogP contribution in [0.15, 0.2) is 36.7 Å². The molecule has 0 amide bonds. The van der Waals surface area contributed by atoms with Gasteiger partial charge in [0.15, 0.2) is 5.82 Å². The summed E-state index contributed by atoms with van der Waals surface area (Å²) in [7, 11) is 0. The third kappa shape index (κ3) is 3.83. The minimum atomic E-state index is 0.000538. The highest BCUT2D eigenvalue weighted by Gasteiger charge is 2.20. The van der Waals surface area contributed by atoms with E-state index in [1.54, 1.807) is 0 Å². The van der Waals surface area contributed by atoms with Crippen LogP contribution in [0.1, 0.15) is 45.5 Å². The summed E-state index contributed by atoms with van der Waals surface area (Å²) < 4.78 is 0. The number of tetrazole rings is 1. The van der Waals surface area contributed by atoms with Crippen molar-refractivity contribution >= 4 is 16.5 Å². The zero-order chi connectivity index (χ0) is 16.3. The van der Waals surface area contributed by atoms with E-state index in [2.05, 4.69) is 63.8 Å². The summed E-state index contributed by atoms with van der Waals surface area (Å²) in [6.45, 7) is 6.71. The first kappa shape index (κ1) is 15.4. The molecular weight excluding hydrogens is 288 g/mol. The van der Waals surface area contributed by atoms with Crippen LogP contribution in [-0.4, -0.2) is 25.6 Å². The number of nitrogens with one attached hydrogen (secondary N) is 2. The van der Waals surface area contributed by atoms with Crippen molar-refractivity contribution < 1.29 is 0 Å². The fourth-order valence-electron chi connectivity index (χ4n) is 2.58. The maximum atomic E-state index is 4.33. The van der Waals surface area contributed by atoms with Gasteiger partial charge < -0.3 is 5.32 Å². The van der Waals surface area contributed by atoms with Crippen molar-refractivity contribution in [2.75, 3.05) is 5.32 Å². The summed E-state index contributed by atoms with van der Waals surface area (Å²) in [5, 5.41) is 20.4. The molecule has 120 valence electrons. The third-order valence-electron chi connectivity index (χ3n) is 3.85. The number of rotatable bonds is 5. The Morgan fingerprint density at radius 1 is 1.17 bits per heavy atom. The SMILES string of the molecule is CC(C)(C)CC[C@H](Nc1cncc2ccccc12)c1nn[nH]n1. The molecule has 0 radical (unpaired) electrons. The molecule has 0 aliphatic rings. The maximum absolute atomic E-state index is 4.33. The van der Waals surface area contributed by atoms with Gasteiger partial charge in [0.1, 0.15) is 0 Å². The van der Waals surface area contributed by atoms with Gasteiger partial charge in [-0.05, 0) is 18.3 Å². The Morgan fingerprint density at radius 3 is 2.74 bits per heavy atom. The predicted octanol–water partition coefficient (Wildman–Crippen LogP) is 3.73. The van der Waals surface area contributed by atoms with Crippen molar-refractivity contribution in [2.45, 2.75) is 39.7 Å². The molecule has 0 unspecified atom stereocenters. The fourth-order valence-corrected chi connectivity index (χ4v) is 2.58. The number of fused-ring (bicyclic) bond motifs is 1. The molecule has 2 N–H and O–H groups in total. The first-order chi connectivity index (χ1) is 11.0. The Bertz CT molecular complexity index is 755. The van der Waals surface area contributed by atoms with E-state index in [4.69, 9.17) is 0 Å². The molecule has 0 fully saturated rings. The normalized spacial score (nSPS) is 13.2. The van der Waals surface area contributed by atoms with E-state index in [0.29, 0.717) is 5.82 Å². The van der Waals surface area contributed by atoms with Gasteiger partial charge in [-0.1, -0.05) is 50.3 Å². The molecule has 1 aromatic carbocycles. The first-order valence-electron chi connectivity index (χ1n) is 7.85. The average Bonchev–Trinajstić information content (AvgIpc) is 3.05. The number of pyridine rings is 1. The standard InChI is InChI=1S/C17H22N6/c1-17(2,3)9-8-14(16-20-22-23-21-16)19-15-11-18-10-12-6-4-5-7-13(12)15/h4-7,10-11,14,19H,8-9H2,1-3H3,(H,20,21,22,23)/t14-/m0/s1. The van der Waals surface area contributed by atoms with Crippen LogP contribution in [0.3, 0.4) is 0 Å². The summed E-state index contributed by atoms with van der Waals surface area (Å²) in [5.74, 6) is 0.683. The number of nitrogens with zero attached hydrogens (tertiary/aromatic N) is 4. The van der Waals surface area contributed by atoms with Crippen molar-refractivity contribution in [3.63, 3.8) is 0 Å². The summed E-state index contributed by atoms with van der Waals surface area (Å²) in [4.78, 5) is 4.33. The molecule has 3 aromatic rings. The minimum absolute atomic E-state index is 0.000538. The third-order valence-corrected chi connectivity index (χ3v) is 3.85. The molecule has 0 aliphatic carbocycles. The largest absolute Gasteiger partial charge is 0.373 e. The van der Waals surface area contributed by atoms with Gasteiger partial charge in [0.05, 0.1) is 17.9 Å². The topological polar surface area (TPSA) is 79.4 Å². The second-order valence-corrected chi connectivity index (χ2v) is 6.97. The van der Waals surface area contributed by atoms with Gasteiger partial charge in [-0.15, -0.1) is 10.2 Å². The van der Waals surface area contributed by atoms with Crippen molar-refractivity contribution in [2.24, 2.45) is 5.41 Å². The van der Waals surface area contributed by atoms with Gasteiger partial charge >= 0.3 is 0 Å². The van der Waals surface area contributed by atoms with Crippen molar-refractivity contribution in [1.82, 2.24) is 25.6 Å². The van der Waals surface area contributed by atoms with Gasteiger partial charge in [0, 0.05) is 17.0 Å². The van der Waals surface area contributed by atoms with Crippen LogP contribution < -0.4 is 5.32 Å². The van der Waals surface area contributed by atoms with E-state index < -0.39 is 0 Å². The second kappa shape index (κ2) is 6.32. The van der Waals surface area contributed by atoms with E-state index in [1.165, 1.54) is 0 Å². The predicted molar refractivity (Wildman–Crippen MR) is 91.0 cm³/mol. The van der Waals surface area contributed by atoms with Crippen LogP contribution in [0.5, 0.6) is 0 Å². The molecule has 0 saturated heterocycles. The molecule has 0 spiro atoms. The molecule has 2 heterocycles. The minimum Gasteiger partial charge on any atom is -0.373 e. The van der Waals surface area contributed by atoms with Crippen LogP contribution in [0.25, 0.3) is 10.8 Å². The fraction of sp³-hybridized carbons (Fsp3) is 0.412. The van der Waals surface area contributed by atoms with E-state index in [0.717, 1.165) is 29.3 Å². The Morgan fingerprint density at radius 2 is 2.00 bits per heavy atom. The Kier molecular flexibility index (Phi) is 4.23. The van der Waals surface area contributed by atoms with Gasteiger partial charge in [-0.2, -0.15) is 5.21 Å². The van der Waals surface area contributed by atoms with Crippen LogP contribution in [0.2, 0.25) is 0 Å². The molecule has 0 aliphatic heterocycles. The molecule has 6 nitrogen and oxygen atoms in total. The van der Waals surface area contributed by atoms with Gasteiger partial charge in [-0.25, -0.2) is 0 Å². The lowest BCUT2D eigenvalue weighted by molar-refractivity contribution is 0.352. The zero-order valence-electron chi connectivity index (χ0n) is 13.7. The van der Waals surface area contributed by atoms with E-state index >= 15 is 0 Å². The van der Waals surface area contributed by atoms with Crippen LogP contribution in [0, 0.1) is 5.41 Å². The lowest BCUT2D eigenvalue weighted by Crippen LogP contribution is -2.16. The molecule has 0 saturated carbocycles. The van der Waals surface area contributed by atoms with Crippen molar-refractivity contribution in [1.29, 1.82) is 0 Å². The number of aromatic amines is 1. The second-order valence-electron chi connectivity index (χ2n) is 6.97. The number of aromatic nitrogens is 5. The molecule has 2 aromatic heterocycles. The van der Waals surface area contributed by atoms with Crippen molar-refractivity contribution in [3.05, 3.63) is 42.5 Å². The van der Waals surface area contributed by atoms with Crippen molar-refractivity contribution in [3.8, 4) is 0 Å². The zero-order valence-corrected chi connectivity index (χ0v) is 13.7. The van der Waals surface area contributed by atoms with E-state index in [1.807, 2.05) is 24.5 Å². The molecule has 6 heteroatoms. The Labute approximate surface area is 135 Å². The summed E-state index contributed by atoms with van der Waals surface area (Å²) in [5.41, 5.74) is 1.24. The summed E-state index contributed by atoms with van der Waals surface area (Å²) in [6, 6.07) is 8.21. The average molecular weight is 310 g/mol. The van der Waals surface area contributed by atoms with E-state index in [9.17, 15) is 0 Å². The number of anilines is 1. The molecule has 3 rings (SSSR count). The Balaban J connectivity index is 1.88. The van der Waals surface area contributed by atoms with Gasteiger partial charge in [0.25, 0.3) is 0 Å². The lowest BCUT2D eigenvalue weighted by atomic mass is 9.88. The van der Waals surface area contributed by atoms with E-state index in [-0.39, 0.29) is 11.5 Å². The van der Waals surface area contributed by atoms with Crippen LogP contribution >= 0.6 is 0 Å². The maximum Gasteiger partial charge on any atom is 0.196 e. The number of hydrogen-bond acceptors (Lipinski definition) is 5. The Hall–Kier alpha value is -2.50. The quantitative estimate of drug-likeness (QED) is 0.750. The van der Waals surface area contributed by atoms with Crippen LogP contribution in [0.4, 0.5) is 5.69 Å². The van der Waals surface area contributed by atoms with Crippen LogP contribution in [-0.2, 0) is 0 Å². The molecule has 0 bridgehead atoms. The molecule has 23 heavy (non-hydrogen) atoms. The molecule has 1 atom stereocenters. The number of benzene rings is 1. The first-order valence-corrected chi connectivity index (χ1v) is 7.85. The van der Waals surface area contributed by atoms with Gasteiger partial charge in [-0.3, -0.25) is 4.98 Å². The number of hydrogen-bond donors (Lipinski definition) is 2. The molecular formula is C17H22N6. The lowest BCUT2D eigenvalue weighted by Gasteiger charge is -2.23. The monoisotopic (exact) mass is 310 g/mol. The summed E-state index contributed by atoms with van der Waals surface area (Å²) in [6.07, 6.45) is 5.70.